The molecule has 0 aromatic heterocycles. The second-order valence-corrected chi connectivity index (χ2v) is 9.49. The first-order valence-electron chi connectivity index (χ1n) is 10.00. The Balaban J connectivity index is 1.97. The molecule has 1 N–H and O–H groups in total. The Hall–Kier alpha value is -3.58. The Morgan fingerprint density at radius 3 is 2.29 bits per heavy atom. The zero-order valence-corrected chi connectivity index (χ0v) is 19.7. The Morgan fingerprint density at radius 2 is 1.68 bits per heavy atom. The Bertz CT molecular complexity index is 1320. The number of aliphatic carboxylic acids is 1. The van der Waals surface area contributed by atoms with Crippen LogP contribution in [0.25, 0.3) is 0 Å². The van der Waals surface area contributed by atoms with Gasteiger partial charge >= 0.3 is 5.97 Å². The molecule has 0 radical (unpaired) electrons. The molecule has 0 amide bonds. The fourth-order valence-corrected chi connectivity index (χ4v) is 5.02. The highest BCUT2D eigenvalue weighted by molar-refractivity contribution is 7.89. The minimum atomic E-state index is -4.01. The van der Waals surface area contributed by atoms with Gasteiger partial charge in [-0.15, -0.1) is 0 Å². The molecule has 0 aliphatic heterocycles. The van der Waals surface area contributed by atoms with Gasteiger partial charge in [0, 0.05) is 13.1 Å². The Kier molecular flexibility index (Phi) is 8.12. The molecular weight excluding hydrogens is 480 g/mol. The zero-order valence-electron chi connectivity index (χ0n) is 18.1. The monoisotopic (exact) mass is 500 g/mol. The van der Waals surface area contributed by atoms with E-state index in [-0.39, 0.29) is 34.5 Å². The van der Waals surface area contributed by atoms with Gasteiger partial charge in [-0.3, -0.25) is 0 Å². The van der Waals surface area contributed by atoms with Crippen LogP contribution in [-0.2, 0) is 27.9 Å². The molecule has 0 fully saturated rings. The number of nitrogens with zero attached hydrogens (tertiary/aromatic N) is 2. The largest absolute Gasteiger partial charge is 0.495 e. The van der Waals surface area contributed by atoms with E-state index in [1.807, 2.05) is 6.07 Å². The van der Waals surface area contributed by atoms with Crippen LogP contribution in [0.5, 0.6) is 11.5 Å². The average molecular weight is 501 g/mol. The van der Waals surface area contributed by atoms with E-state index in [1.54, 1.807) is 48.5 Å². The Labute approximate surface area is 202 Å². The second-order valence-electron chi connectivity index (χ2n) is 7.18. The van der Waals surface area contributed by atoms with Crippen LogP contribution in [-0.4, -0.2) is 37.5 Å². The first-order chi connectivity index (χ1) is 16.2. The number of rotatable bonds is 10. The highest BCUT2D eigenvalue weighted by atomic mass is 35.5. The number of nitriles is 1. The summed E-state index contributed by atoms with van der Waals surface area (Å²) in [5, 5.41) is 18.0. The van der Waals surface area contributed by atoms with Crippen LogP contribution in [0.1, 0.15) is 16.7 Å². The lowest BCUT2D eigenvalue weighted by atomic mass is 10.1. The first-order valence-corrected chi connectivity index (χ1v) is 11.8. The number of carbonyl (C=O) groups is 1. The number of carboxylic acid groups (broad SMARTS) is 1. The number of ether oxygens (including phenoxy) is 2. The van der Waals surface area contributed by atoms with E-state index in [4.69, 9.17) is 31.4 Å². The molecule has 0 spiro atoms. The van der Waals surface area contributed by atoms with Gasteiger partial charge in [-0.2, -0.15) is 9.57 Å². The van der Waals surface area contributed by atoms with Crippen LogP contribution in [0, 0.1) is 11.3 Å². The third-order valence-corrected chi connectivity index (χ3v) is 6.96. The molecule has 0 aliphatic carbocycles. The third-order valence-electron chi connectivity index (χ3n) is 4.84. The van der Waals surface area contributed by atoms with Crippen LogP contribution in [0.3, 0.4) is 0 Å². The molecule has 3 aromatic rings. The fourth-order valence-electron chi connectivity index (χ4n) is 3.19. The standard InChI is InChI=1S/C24H21ClN2O6S/c1-32-22-4-2-3-5-23(22)34(30,31)27(14-18-8-6-17(13-26)7-9-18)15-19-10-11-21(20(25)12-19)33-16-24(28)29/h2-12H,14-16H2,1H3,(H,28,29). The highest BCUT2D eigenvalue weighted by Gasteiger charge is 2.28. The van der Waals surface area contributed by atoms with Crippen LogP contribution in [0.4, 0.5) is 0 Å². The van der Waals surface area contributed by atoms with E-state index >= 15 is 0 Å². The number of hydrogen-bond donors (Lipinski definition) is 1. The molecule has 0 aliphatic rings. The van der Waals surface area contributed by atoms with E-state index in [9.17, 15) is 13.2 Å². The normalized spacial score (nSPS) is 11.1. The molecule has 0 bridgehead atoms. The van der Waals surface area contributed by atoms with E-state index in [0.717, 1.165) is 0 Å². The fraction of sp³-hybridized carbons (Fsp3) is 0.167. The van der Waals surface area contributed by atoms with Gasteiger partial charge in [-0.25, -0.2) is 13.2 Å². The van der Waals surface area contributed by atoms with Crippen LogP contribution in [0.15, 0.2) is 71.6 Å². The maximum absolute atomic E-state index is 13.6. The quantitative estimate of drug-likeness (QED) is 0.445. The van der Waals surface area contributed by atoms with Crippen molar-refractivity contribution >= 4 is 27.6 Å². The number of benzene rings is 3. The number of sulfonamides is 1. The minimum Gasteiger partial charge on any atom is -0.495 e. The van der Waals surface area contributed by atoms with E-state index in [0.29, 0.717) is 16.7 Å². The van der Waals surface area contributed by atoms with Crippen molar-refractivity contribution in [2.24, 2.45) is 0 Å². The van der Waals surface area contributed by atoms with E-state index < -0.39 is 22.6 Å². The first kappa shape index (κ1) is 25.1. The number of para-hydroxylation sites is 1. The van der Waals surface area contributed by atoms with Crippen molar-refractivity contribution < 1.29 is 27.8 Å². The van der Waals surface area contributed by atoms with Gasteiger partial charge in [0.05, 0.1) is 23.8 Å². The molecule has 10 heteroatoms. The van der Waals surface area contributed by atoms with Crippen LogP contribution < -0.4 is 9.47 Å². The van der Waals surface area contributed by atoms with Gasteiger partial charge in [0.25, 0.3) is 0 Å². The maximum Gasteiger partial charge on any atom is 0.341 e. The van der Waals surface area contributed by atoms with Crippen LogP contribution >= 0.6 is 11.6 Å². The highest BCUT2D eigenvalue weighted by Crippen LogP contribution is 2.31. The summed E-state index contributed by atoms with van der Waals surface area (Å²) in [5.41, 5.74) is 1.72. The number of methoxy groups -OCH3 is 1. The van der Waals surface area contributed by atoms with Gasteiger partial charge in [-0.1, -0.05) is 41.9 Å². The van der Waals surface area contributed by atoms with Crippen molar-refractivity contribution in [2.45, 2.75) is 18.0 Å². The number of halogens is 1. The molecule has 3 rings (SSSR count). The SMILES string of the molecule is COc1ccccc1S(=O)(=O)N(Cc1ccc(C#N)cc1)Cc1ccc(OCC(=O)O)c(Cl)c1. The van der Waals surface area contributed by atoms with Gasteiger partial charge in [0.1, 0.15) is 16.4 Å². The number of hydrogen-bond acceptors (Lipinski definition) is 6. The summed E-state index contributed by atoms with van der Waals surface area (Å²) < 4.78 is 39.0. The Morgan fingerprint density at radius 1 is 1.03 bits per heavy atom. The van der Waals surface area contributed by atoms with E-state index in [2.05, 4.69) is 0 Å². The lowest BCUT2D eigenvalue weighted by molar-refractivity contribution is -0.139. The summed E-state index contributed by atoms with van der Waals surface area (Å²) in [4.78, 5) is 10.8. The summed E-state index contributed by atoms with van der Waals surface area (Å²) in [7, 11) is -2.61. The second kappa shape index (κ2) is 11.0. The van der Waals surface area contributed by atoms with Gasteiger partial charge in [0.15, 0.2) is 6.61 Å². The van der Waals surface area contributed by atoms with Crippen LogP contribution in [0.2, 0.25) is 5.02 Å². The summed E-state index contributed by atoms with van der Waals surface area (Å²) >= 11 is 6.23. The zero-order chi connectivity index (χ0) is 24.7. The van der Waals surface area contributed by atoms with Gasteiger partial charge < -0.3 is 14.6 Å². The summed E-state index contributed by atoms with van der Waals surface area (Å²) in [6.45, 7) is -0.549. The summed E-state index contributed by atoms with van der Waals surface area (Å²) in [6.07, 6.45) is 0. The van der Waals surface area contributed by atoms with Crippen molar-refractivity contribution in [3.8, 4) is 17.6 Å². The smallest absolute Gasteiger partial charge is 0.341 e. The van der Waals surface area contributed by atoms with Gasteiger partial charge in [0.2, 0.25) is 10.0 Å². The topological polar surface area (TPSA) is 117 Å². The molecule has 176 valence electrons. The van der Waals surface area contributed by atoms with Crippen molar-refractivity contribution in [3.05, 3.63) is 88.4 Å². The number of carboxylic acids is 1. The van der Waals surface area contributed by atoms with Crippen molar-refractivity contribution in [2.75, 3.05) is 13.7 Å². The lowest BCUT2D eigenvalue weighted by Gasteiger charge is -2.24. The third kappa shape index (κ3) is 6.05. The predicted octanol–water partition coefficient (Wildman–Crippen LogP) is 4.07. The molecule has 0 atom stereocenters. The molecular formula is C24H21ClN2O6S. The minimum absolute atomic E-state index is 0.0126. The van der Waals surface area contributed by atoms with Crippen molar-refractivity contribution in [1.82, 2.24) is 4.31 Å². The lowest BCUT2D eigenvalue weighted by Crippen LogP contribution is -2.30. The summed E-state index contributed by atoms with van der Waals surface area (Å²) in [6, 6.07) is 19.6. The average Bonchev–Trinajstić information content (AvgIpc) is 2.83. The van der Waals surface area contributed by atoms with Gasteiger partial charge in [-0.05, 0) is 47.5 Å². The molecule has 0 saturated carbocycles. The summed E-state index contributed by atoms with van der Waals surface area (Å²) in [5.74, 6) is -0.751. The molecule has 0 unspecified atom stereocenters. The molecule has 8 nitrogen and oxygen atoms in total. The maximum atomic E-state index is 13.6. The molecule has 34 heavy (non-hydrogen) atoms. The van der Waals surface area contributed by atoms with Crippen molar-refractivity contribution in [1.29, 1.82) is 5.26 Å². The predicted molar refractivity (Wildman–Crippen MR) is 125 cm³/mol. The molecule has 0 saturated heterocycles. The molecule has 3 aromatic carbocycles. The molecule has 0 heterocycles. The van der Waals surface area contributed by atoms with E-state index in [1.165, 1.54) is 29.6 Å². The van der Waals surface area contributed by atoms with Crippen molar-refractivity contribution in [3.63, 3.8) is 0 Å².